The summed E-state index contributed by atoms with van der Waals surface area (Å²) in [6, 6.07) is 3.39. The van der Waals surface area contributed by atoms with Gasteiger partial charge < -0.3 is 4.90 Å². The molecule has 1 aromatic heterocycles. The first kappa shape index (κ1) is 14.1. The van der Waals surface area contributed by atoms with Gasteiger partial charge >= 0.3 is 0 Å². The van der Waals surface area contributed by atoms with E-state index >= 15 is 0 Å². The lowest BCUT2D eigenvalue weighted by molar-refractivity contribution is -0.129. The molecular weight excluding hydrogens is 302 g/mol. The second-order valence-electron chi connectivity index (χ2n) is 6.44. The van der Waals surface area contributed by atoms with Gasteiger partial charge in [0.2, 0.25) is 15.9 Å². The zero-order valence-electron chi connectivity index (χ0n) is 12.2. The van der Waals surface area contributed by atoms with E-state index in [2.05, 4.69) is 9.71 Å². The van der Waals surface area contributed by atoms with E-state index < -0.39 is 10.0 Å². The number of aromatic nitrogens is 1. The van der Waals surface area contributed by atoms with Gasteiger partial charge in [-0.25, -0.2) is 13.1 Å². The molecule has 0 spiro atoms. The largest absolute Gasteiger partial charge is 0.331 e. The summed E-state index contributed by atoms with van der Waals surface area (Å²) >= 11 is 0. The molecule has 0 radical (unpaired) electrons. The van der Waals surface area contributed by atoms with Crippen LogP contribution in [0.1, 0.15) is 43.7 Å². The Morgan fingerprint density at radius 1 is 1.23 bits per heavy atom. The van der Waals surface area contributed by atoms with Crippen molar-refractivity contribution in [3.8, 4) is 0 Å². The van der Waals surface area contributed by atoms with Gasteiger partial charge in [0.15, 0.2) is 0 Å². The average molecular weight is 321 g/mol. The lowest BCUT2D eigenvalue weighted by atomic mass is 10.0. The molecule has 0 bridgehead atoms. The Bertz CT molecular complexity index is 683. The van der Waals surface area contributed by atoms with Crippen LogP contribution in [-0.2, 0) is 14.8 Å². The molecule has 4 rings (SSSR count). The van der Waals surface area contributed by atoms with E-state index in [1.807, 2.05) is 17.0 Å². The van der Waals surface area contributed by atoms with Gasteiger partial charge in [0.25, 0.3) is 0 Å². The number of amides is 1. The Morgan fingerprint density at radius 2 is 2.00 bits per heavy atom. The highest BCUT2D eigenvalue weighted by Crippen LogP contribution is 2.42. The highest BCUT2D eigenvalue weighted by molar-refractivity contribution is 7.90. The van der Waals surface area contributed by atoms with Crippen LogP contribution in [0.25, 0.3) is 0 Å². The molecule has 2 saturated carbocycles. The molecule has 3 fully saturated rings. The summed E-state index contributed by atoms with van der Waals surface area (Å²) in [5, 5.41) is -0.271. The molecular formula is C15H19N3O3S. The number of hydrogen-bond donors (Lipinski definition) is 1. The van der Waals surface area contributed by atoms with E-state index in [0.717, 1.165) is 31.2 Å². The van der Waals surface area contributed by atoms with Gasteiger partial charge in [-0.15, -0.1) is 0 Å². The standard InChI is InChI=1S/C15H19N3O3S/c19-14-8-13(17-22(20,21)12-5-6-12)15(18(14)11-3-4-11)10-2-1-7-16-9-10/h1-2,7,9,11-13,15,17H,3-6,8H2/t13-,15+/m1/s1. The van der Waals surface area contributed by atoms with Crippen molar-refractivity contribution >= 4 is 15.9 Å². The third-order valence-electron chi connectivity index (χ3n) is 4.61. The fraction of sp³-hybridized carbons (Fsp3) is 0.600. The Hall–Kier alpha value is -1.47. The van der Waals surface area contributed by atoms with Gasteiger partial charge in [0.05, 0.1) is 17.3 Å². The third kappa shape index (κ3) is 2.52. The zero-order chi connectivity index (χ0) is 15.3. The molecule has 7 heteroatoms. The van der Waals surface area contributed by atoms with Crippen molar-refractivity contribution in [3.05, 3.63) is 30.1 Å². The highest BCUT2D eigenvalue weighted by atomic mass is 32.2. The fourth-order valence-corrected chi connectivity index (χ4v) is 4.86. The number of carbonyl (C=O) groups is 1. The molecule has 1 saturated heterocycles. The van der Waals surface area contributed by atoms with Crippen molar-refractivity contribution in [1.29, 1.82) is 0 Å². The number of nitrogens with zero attached hydrogens (tertiary/aromatic N) is 2. The van der Waals surface area contributed by atoms with Gasteiger partial charge in [-0.3, -0.25) is 9.78 Å². The lowest BCUT2D eigenvalue weighted by Crippen LogP contribution is -2.41. The van der Waals surface area contributed by atoms with E-state index in [4.69, 9.17) is 0 Å². The molecule has 2 heterocycles. The molecule has 1 aromatic rings. The van der Waals surface area contributed by atoms with Crippen molar-refractivity contribution in [2.75, 3.05) is 0 Å². The Balaban J connectivity index is 1.65. The number of rotatable bonds is 5. The molecule has 0 aromatic carbocycles. The smallest absolute Gasteiger partial charge is 0.225 e. The molecule has 118 valence electrons. The summed E-state index contributed by atoms with van der Waals surface area (Å²) < 4.78 is 27.3. The maximum absolute atomic E-state index is 12.4. The number of likely N-dealkylation sites (tertiary alicyclic amines) is 1. The molecule has 0 unspecified atom stereocenters. The molecule has 6 nitrogen and oxygen atoms in total. The lowest BCUT2D eigenvalue weighted by Gasteiger charge is -2.28. The van der Waals surface area contributed by atoms with E-state index in [1.54, 1.807) is 12.4 Å². The van der Waals surface area contributed by atoms with Crippen molar-refractivity contribution in [1.82, 2.24) is 14.6 Å². The molecule has 22 heavy (non-hydrogen) atoms. The summed E-state index contributed by atoms with van der Waals surface area (Å²) in [6.07, 6.45) is 7.11. The molecule has 2 atom stereocenters. The molecule has 2 aliphatic carbocycles. The molecule has 1 aliphatic heterocycles. The zero-order valence-corrected chi connectivity index (χ0v) is 13.0. The van der Waals surface area contributed by atoms with Crippen molar-refractivity contribution in [2.24, 2.45) is 0 Å². The summed E-state index contributed by atoms with van der Waals surface area (Å²) in [7, 11) is -3.31. The predicted molar refractivity (Wildman–Crippen MR) is 80.3 cm³/mol. The molecule has 3 aliphatic rings. The maximum atomic E-state index is 12.4. The first-order valence-electron chi connectivity index (χ1n) is 7.78. The first-order chi connectivity index (χ1) is 10.6. The topological polar surface area (TPSA) is 79.4 Å². The van der Waals surface area contributed by atoms with Gasteiger partial charge in [-0.05, 0) is 37.3 Å². The fourth-order valence-electron chi connectivity index (χ4n) is 3.27. The number of nitrogens with one attached hydrogen (secondary N) is 1. The van der Waals surface area contributed by atoms with E-state index in [1.165, 1.54) is 0 Å². The van der Waals surface area contributed by atoms with Gasteiger partial charge in [0, 0.05) is 24.9 Å². The monoisotopic (exact) mass is 321 g/mol. The SMILES string of the molecule is O=C1C[C@@H](NS(=O)(=O)C2CC2)[C@H](c2cccnc2)N1C1CC1. The Kier molecular flexibility index (Phi) is 3.23. The van der Waals surface area contributed by atoms with Gasteiger partial charge in [0.1, 0.15) is 0 Å². The summed E-state index contributed by atoms with van der Waals surface area (Å²) in [4.78, 5) is 18.4. The minimum Gasteiger partial charge on any atom is -0.331 e. The number of sulfonamides is 1. The second-order valence-corrected chi connectivity index (χ2v) is 8.43. The Morgan fingerprint density at radius 3 is 2.59 bits per heavy atom. The van der Waals surface area contributed by atoms with Crippen molar-refractivity contribution < 1.29 is 13.2 Å². The number of carbonyl (C=O) groups excluding carboxylic acids is 1. The molecule has 1 amide bonds. The van der Waals surface area contributed by atoms with Crippen LogP contribution in [0.4, 0.5) is 0 Å². The van der Waals surface area contributed by atoms with Gasteiger partial charge in [-0.2, -0.15) is 0 Å². The Labute approximate surface area is 130 Å². The van der Waals surface area contributed by atoms with Crippen LogP contribution >= 0.6 is 0 Å². The van der Waals surface area contributed by atoms with E-state index in [0.29, 0.717) is 0 Å². The van der Waals surface area contributed by atoms with Crippen LogP contribution in [-0.4, -0.2) is 41.5 Å². The maximum Gasteiger partial charge on any atom is 0.225 e. The minimum absolute atomic E-state index is 0.0415. The van der Waals surface area contributed by atoms with Crippen LogP contribution in [0.5, 0.6) is 0 Å². The third-order valence-corrected chi connectivity index (χ3v) is 6.59. The van der Waals surface area contributed by atoms with Crippen LogP contribution in [0.2, 0.25) is 0 Å². The van der Waals surface area contributed by atoms with Crippen LogP contribution in [0.15, 0.2) is 24.5 Å². The number of pyridine rings is 1. The second kappa shape index (κ2) is 5.03. The first-order valence-corrected chi connectivity index (χ1v) is 9.33. The summed E-state index contributed by atoms with van der Waals surface area (Å²) in [6.45, 7) is 0. The summed E-state index contributed by atoms with van der Waals surface area (Å²) in [5.41, 5.74) is 0.906. The van der Waals surface area contributed by atoms with Crippen molar-refractivity contribution in [2.45, 2.75) is 55.5 Å². The predicted octanol–water partition coefficient (Wildman–Crippen LogP) is 0.968. The van der Waals surface area contributed by atoms with E-state index in [-0.39, 0.29) is 35.7 Å². The van der Waals surface area contributed by atoms with E-state index in [9.17, 15) is 13.2 Å². The van der Waals surface area contributed by atoms with Crippen LogP contribution in [0, 0.1) is 0 Å². The highest BCUT2D eigenvalue weighted by Gasteiger charge is 2.49. The molecule has 1 N–H and O–H groups in total. The van der Waals surface area contributed by atoms with Crippen LogP contribution in [0.3, 0.4) is 0 Å². The van der Waals surface area contributed by atoms with Crippen LogP contribution < -0.4 is 4.72 Å². The quantitative estimate of drug-likeness (QED) is 0.876. The average Bonchev–Trinajstić information content (AvgIpc) is 3.37. The normalized spacial score (nSPS) is 29.1. The summed E-state index contributed by atoms with van der Waals surface area (Å²) in [5.74, 6) is 0.0415. The minimum atomic E-state index is -3.31. The van der Waals surface area contributed by atoms with Gasteiger partial charge in [-0.1, -0.05) is 6.07 Å². The number of hydrogen-bond acceptors (Lipinski definition) is 4. The van der Waals surface area contributed by atoms with Crippen molar-refractivity contribution in [3.63, 3.8) is 0 Å².